The van der Waals surface area contributed by atoms with Crippen molar-refractivity contribution in [3.8, 4) is 11.5 Å². The fourth-order valence-corrected chi connectivity index (χ4v) is 4.57. The fourth-order valence-electron chi connectivity index (χ4n) is 4.57. The van der Waals surface area contributed by atoms with Gasteiger partial charge >= 0.3 is 5.97 Å². The highest BCUT2D eigenvalue weighted by Crippen LogP contribution is 2.38. The summed E-state index contributed by atoms with van der Waals surface area (Å²) < 4.78 is 16.4. The molecule has 0 spiro atoms. The number of ether oxygens (including phenoxy) is 3. The van der Waals surface area contributed by atoms with Gasteiger partial charge in [-0.05, 0) is 66.7 Å². The van der Waals surface area contributed by atoms with E-state index in [4.69, 9.17) is 19.2 Å². The van der Waals surface area contributed by atoms with Gasteiger partial charge in [-0.1, -0.05) is 37.6 Å². The van der Waals surface area contributed by atoms with Crippen LogP contribution >= 0.6 is 0 Å². The van der Waals surface area contributed by atoms with Crippen LogP contribution in [0, 0.1) is 0 Å². The first-order chi connectivity index (χ1) is 17.1. The molecule has 2 heterocycles. The lowest BCUT2D eigenvalue weighted by molar-refractivity contribution is -0.124. The molecule has 0 unspecified atom stereocenters. The number of nitrogens with zero attached hydrogens (tertiary/aromatic N) is 1. The minimum Gasteiger partial charge on any atom is -0.454 e. The molecule has 3 aromatic rings. The number of carbonyl (C=O) groups is 2. The number of hydrogen-bond donors (Lipinski definition) is 1. The van der Waals surface area contributed by atoms with Crippen LogP contribution in [0.15, 0.2) is 42.5 Å². The maximum atomic E-state index is 13.3. The van der Waals surface area contributed by atoms with Gasteiger partial charge in [0.25, 0.3) is 5.91 Å². The molecule has 7 nitrogen and oxygen atoms in total. The number of para-hydroxylation sites is 1. The average Bonchev–Trinajstić information content (AvgIpc) is 3.34. The Bertz CT molecular complexity index is 1310. The number of hydrogen-bond acceptors (Lipinski definition) is 6. The SMILES string of the molecule is CCCCNC(=O)COC(=O)c1c2c(nc3ccccc13)/C(=C\c1ccc3c(c1)OCO3)CCC2. The smallest absolute Gasteiger partial charge is 0.339 e. The van der Waals surface area contributed by atoms with E-state index in [9.17, 15) is 9.59 Å². The van der Waals surface area contributed by atoms with E-state index in [0.717, 1.165) is 76.9 Å². The number of benzene rings is 2. The van der Waals surface area contributed by atoms with Gasteiger partial charge in [-0.2, -0.15) is 0 Å². The van der Waals surface area contributed by atoms with Gasteiger partial charge in [0.15, 0.2) is 18.1 Å². The highest BCUT2D eigenvalue weighted by molar-refractivity contribution is 6.07. The van der Waals surface area contributed by atoms with Crippen LogP contribution in [0.2, 0.25) is 0 Å². The van der Waals surface area contributed by atoms with Crippen LogP contribution in [0.5, 0.6) is 11.5 Å². The number of rotatable bonds is 7. The van der Waals surface area contributed by atoms with Crippen molar-refractivity contribution in [2.75, 3.05) is 19.9 Å². The number of unbranched alkanes of at least 4 members (excludes halogenated alkanes) is 1. The van der Waals surface area contributed by atoms with E-state index in [1.54, 1.807) is 0 Å². The van der Waals surface area contributed by atoms with E-state index < -0.39 is 5.97 Å². The molecule has 2 aromatic carbocycles. The van der Waals surface area contributed by atoms with Crippen LogP contribution < -0.4 is 14.8 Å². The number of allylic oxidation sites excluding steroid dienone is 1. The quantitative estimate of drug-likeness (QED) is 0.388. The Balaban J connectivity index is 1.49. The molecule has 0 atom stereocenters. The molecule has 0 saturated carbocycles. The molecular weight excluding hydrogens is 444 g/mol. The first kappa shape index (κ1) is 22.9. The van der Waals surface area contributed by atoms with E-state index in [2.05, 4.69) is 18.3 Å². The van der Waals surface area contributed by atoms with Gasteiger partial charge in [-0.3, -0.25) is 4.79 Å². The lowest BCUT2D eigenvalue weighted by Crippen LogP contribution is -2.30. The maximum absolute atomic E-state index is 13.3. The van der Waals surface area contributed by atoms with E-state index in [0.29, 0.717) is 12.1 Å². The van der Waals surface area contributed by atoms with Gasteiger partial charge < -0.3 is 19.5 Å². The molecule has 1 aliphatic heterocycles. The Morgan fingerprint density at radius 3 is 2.86 bits per heavy atom. The highest BCUT2D eigenvalue weighted by atomic mass is 16.7. The number of carbonyl (C=O) groups excluding carboxylic acids is 2. The third kappa shape index (κ3) is 4.85. The standard InChI is InChI=1S/C28H28N2O5/c1-2-3-13-29-25(31)16-33-28(32)26-20-8-4-5-10-22(20)30-27-19(7-6-9-21(26)27)14-18-11-12-23-24(15-18)35-17-34-23/h4-5,8,10-12,14-15H,2-3,6-7,9,13,16-17H2,1H3,(H,29,31)/b19-14-. The van der Waals surface area contributed by atoms with Gasteiger partial charge in [0.1, 0.15) is 0 Å². The molecule has 1 N–H and O–H groups in total. The predicted molar refractivity (Wildman–Crippen MR) is 133 cm³/mol. The summed E-state index contributed by atoms with van der Waals surface area (Å²) in [6.45, 7) is 2.56. The first-order valence-corrected chi connectivity index (χ1v) is 12.1. The van der Waals surface area contributed by atoms with Crippen molar-refractivity contribution in [3.63, 3.8) is 0 Å². The predicted octanol–water partition coefficient (Wildman–Crippen LogP) is 4.91. The molecule has 0 saturated heterocycles. The molecule has 7 heteroatoms. The highest BCUT2D eigenvalue weighted by Gasteiger charge is 2.26. The third-order valence-corrected chi connectivity index (χ3v) is 6.30. The molecule has 1 aromatic heterocycles. The second-order valence-corrected chi connectivity index (χ2v) is 8.75. The Labute approximate surface area is 204 Å². The lowest BCUT2D eigenvalue weighted by atomic mass is 9.86. The van der Waals surface area contributed by atoms with Crippen molar-refractivity contribution >= 4 is 34.4 Å². The molecule has 1 aliphatic carbocycles. The van der Waals surface area contributed by atoms with Gasteiger partial charge in [-0.15, -0.1) is 0 Å². The number of pyridine rings is 1. The monoisotopic (exact) mass is 472 g/mol. The summed E-state index contributed by atoms with van der Waals surface area (Å²) in [5.41, 5.74) is 4.96. The van der Waals surface area contributed by atoms with Gasteiger partial charge in [-0.25, -0.2) is 9.78 Å². The molecule has 0 radical (unpaired) electrons. The maximum Gasteiger partial charge on any atom is 0.339 e. The van der Waals surface area contributed by atoms with E-state index in [-0.39, 0.29) is 19.3 Å². The van der Waals surface area contributed by atoms with Crippen molar-refractivity contribution in [3.05, 3.63) is 64.8 Å². The van der Waals surface area contributed by atoms with Crippen molar-refractivity contribution in [1.29, 1.82) is 0 Å². The summed E-state index contributed by atoms with van der Waals surface area (Å²) in [5.74, 6) is 0.685. The number of amides is 1. The topological polar surface area (TPSA) is 86.8 Å². The summed E-state index contributed by atoms with van der Waals surface area (Å²) in [6.07, 6.45) is 6.43. The van der Waals surface area contributed by atoms with Crippen molar-refractivity contribution < 1.29 is 23.8 Å². The van der Waals surface area contributed by atoms with Crippen LogP contribution in [-0.4, -0.2) is 36.8 Å². The molecule has 35 heavy (non-hydrogen) atoms. The molecule has 1 amide bonds. The number of fused-ring (bicyclic) bond motifs is 3. The average molecular weight is 473 g/mol. The summed E-state index contributed by atoms with van der Waals surface area (Å²) >= 11 is 0. The zero-order valence-corrected chi connectivity index (χ0v) is 19.8. The third-order valence-electron chi connectivity index (χ3n) is 6.30. The zero-order valence-electron chi connectivity index (χ0n) is 19.8. The Morgan fingerprint density at radius 1 is 1.11 bits per heavy atom. The normalized spacial score (nSPS) is 15.2. The Hall–Kier alpha value is -3.87. The molecular formula is C28H28N2O5. The van der Waals surface area contributed by atoms with Gasteiger partial charge in [0, 0.05) is 11.9 Å². The second-order valence-electron chi connectivity index (χ2n) is 8.75. The molecule has 180 valence electrons. The van der Waals surface area contributed by atoms with Crippen LogP contribution in [0.3, 0.4) is 0 Å². The minimum absolute atomic E-state index is 0.230. The molecule has 0 fully saturated rings. The zero-order chi connectivity index (χ0) is 24.2. The van der Waals surface area contributed by atoms with E-state index >= 15 is 0 Å². The number of aromatic nitrogens is 1. The summed E-state index contributed by atoms with van der Waals surface area (Å²) in [6, 6.07) is 13.4. The van der Waals surface area contributed by atoms with Crippen LogP contribution in [0.4, 0.5) is 0 Å². The summed E-state index contributed by atoms with van der Waals surface area (Å²) in [4.78, 5) is 30.3. The Kier molecular flexibility index (Phi) is 6.66. The molecule has 0 bridgehead atoms. The van der Waals surface area contributed by atoms with Gasteiger partial charge in [0.05, 0.1) is 16.8 Å². The van der Waals surface area contributed by atoms with Crippen LogP contribution in [0.25, 0.3) is 22.6 Å². The Morgan fingerprint density at radius 2 is 1.97 bits per heavy atom. The lowest BCUT2D eigenvalue weighted by Gasteiger charge is -2.22. The summed E-state index contributed by atoms with van der Waals surface area (Å²) in [7, 11) is 0. The molecule has 2 aliphatic rings. The second kappa shape index (κ2) is 10.2. The van der Waals surface area contributed by atoms with Crippen LogP contribution in [-0.2, 0) is 16.0 Å². The van der Waals surface area contributed by atoms with Crippen molar-refractivity contribution in [1.82, 2.24) is 10.3 Å². The van der Waals surface area contributed by atoms with E-state index in [1.165, 1.54) is 0 Å². The van der Waals surface area contributed by atoms with Crippen molar-refractivity contribution in [2.45, 2.75) is 39.0 Å². The largest absolute Gasteiger partial charge is 0.454 e. The molecule has 5 rings (SSSR count). The summed E-state index contributed by atoms with van der Waals surface area (Å²) in [5, 5.41) is 3.53. The number of nitrogens with one attached hydrogen (secondary N) is 1. The van der Waals surface area contributed by atoms with E-state index in [1.807, 2.05) is 42.5 Å². The van der Waals surface area contributed by atoms with Crippen LogP contribution in [0.1, 0.15) is 59.8 Å². The fraction of sp³-hybridized carbons (Fsp3) is 0.321. The number of esters is 1. The minimum atomic E-state index is -0.491. The first-order valence-electron chi connectivity index (χ1n) is 12.1. The van der Waals surface area contributed by atoms with Crippen molar-refractivity contribution in [2.24, 2.45) is 0 Å². The van der Waals surface area contributed by atoms with Gasteiger partial charge in [0.2, 0.25) is 6.79 Å².